The second-order valence-electron chi connectivity index (χ2n) is 5.04. The van der Waals surface area contributed by atoms with Crippen LogP contribution < -0.4 is 5.32 Å². The lowest BCUT2D eigenvalue weighted by atomic mass is 9.85. The van der Waals surface area contributed by atoms with Crippen LogP contribution in [0.25, 0.3) is 0 Å². The molecule has 1 aliphatic rings. The van der Waals surface area contributed by atoms with Crippen molar-refractivity contribution in [3.8, 4) is 5.75 Å². The van der Waals surface area contributed by atoms with Crippen LogP contribution >= 0.6 is 15.9 Å². The molecule has 0 saturated heterocycles. The molecule has 0 aromatic heterocycles. The number of phenolic OH excluding ortho intramolecular Hbond substituents is 1. The summed E-state index contributed by atoms with van der Waals surface area (Å²) in [5, 5.41) is 21.4. The molecule has 1 saturated carbocycles. The summed E-state index contributed by atoms with van der Waals surface area (Å²) in [5.41, 5.74) is 0.364. The minimum Gasteiger partial charge on any atom is -0.507 e. The van der Waals surface area contributed by atoms with Crippen molar-refractivity contribution >= 4 is 27.8 Å². The largest absolute Gasteiger partial charge is 0.507 e. The highest BCUT2D eigenvalue weighted by Gasteiger charge is 2.28. The lowest BCUT2D eigenvalue weighted by molar-refractivity contribution is -0.143. The van der Waals surface area contributed by atoms with E-state index in [4.69, 9.17) is 5.11 Å². The first-order chi connectivity index (χ1) is 9.47. The first-order valence-corrected chi connectivity index (χ1v) is 7.29. The predicted molar refractivity (Wildman–Crippen MR) is 76.7 cm³/mol. The quantitative estimate of drug-likeness (QED) is 0.788. The van der Waals surface area contributed by atoms with Crippen LogP contribution in [0.4, 0.5) is 0 Å². The topological polar surface area (TPSA) is 86.6 Å². The Morgan fingerprint density at radius 3 is 2.70 bits per heavy atom. The van der Waals surface area contributed by atoms with Crippen molar-refractivity contribution in [2.24, 2.45) is 5.92 Å². The number of hydrogen-bond acceptors (Lipinski definition) is 3. The predicted octanol–water partition coefficient (Wildman–Crippen LogP) is 2.53. The van der Waals surface area contributed by atoms with E-state index in [0.29, 0.717) is 22.9 Å². The van der Waals surface area contributed by atoms with E-state index < -0.39 is 5.97 Å². The van der Waals surface area contributed by atoms with E-state index >= 15 is 0 Å². The molecule has 3 N–H and O–H groups in total. The molecule has 0 heterocycles. The zero-order valence-electron chi connectivity index (χ0n) is 10.8. The number of amides is 1. The number of rotatable bonds is 3. The van der Waals surface area contributed by atoms with Crippen molar-refractivity contribution in [1.82, 2.24) is 5.32 Å². The van der Waals surface area contributed by atoms with Crippen molar-refractivity contribution < 1.29 is 19.8 Å². The summed E-state index contributed by atoms with van der Waals surface area (Å²) in [6, 6.07) is 4.47. The number of nitrogens with one attached hydrogen (secondary N) is 1. The number of carboxylic acid groups (broad SMARTS) is 1. The molecule has 1 fully saturated rings. The molecular formula is C14H16BrNO4. The Balaban J connectivity index is 2.00. The van der Waals surface area contributed by atoms with Gasteiger partial charge in [-0.15, -0.1) is 0 Å². The van der Waals surface area contributed by atoms with Gasteiger partial charge in [-0.05, 0) is 53.4 Å². The summed E-state index contributed by atoms with van der Waals surface area (Å²) in [4.78, 5) is 23.1. The Hall–Kier alpha value is -1.56. The smallest absolute Gasteiger partial charge is 0.306 e. The third-order valence-electron chi connectivity index (χ3n) is 3.57. The maximum Gasteiger partial charge on any atom is 0.306 e. The summed E-state index contributed by atoms with van der Waals surface area (Å²) >= 11 is 3.15. The Kier molecular flexibility index (Phi) is 4.65. The molecule has 0 spiro atoms. The van der Waals surface area contributed by atoms with Crippen LogP contribution in [0.15, 0.2) is 22.7 Å². The summed E-state index contributed by atoms with van der Waals surface area (Å²) in [6.45, 7) is 0. The minimum atomic E-state index is -0.801. The molecule has 2 rings (SSSR count). The summed E-state index contributed by atoms with van der Waals surface area (Å²) in [5.74, 6) is -1.47. The maximum absolute atomic E-state index is 12.1. The van der Waals surface area contributed by atoms with Gasteiger partial charge in [0.05, 0.1) is 10.4 Å². The second kappa shape index (κ2) is 6.26. The van der Waals surface area contributed by atoms with Crippen LogP contribution in [0.1, 0.15) is 36.0 Å². The highest BCUT2D eigenvalue weighted by atomic mass is 79.9. The Labute approximate surface area is 125 Å². The van der Waals surface area contributed by atoms with Crippen molar-refractivity contribution in [2.75, 3.05) is 0 Å². The van der Waals surface area contributed by atoms with Crippen LogP contribution in [0.5, 0.6) is 5.75 Å². The van der Waals surface area contributed by atoms with Gasteiger partial charge in [0.1, 0.15) is 5.75 Å². The number of carboxylic acids is 1. The number of aliphatic carboxylic acids is 1. The SMILES string of the molecule is O=C(NC1CCCC(C(=O)O)C1)c1ccc(Br)c(O)c1. The average molecular weight is 342 g/mol. The molecule has 2 atom stereocenters. The highest BCUT2D eigenvalue weighted by Crippen LogP contribution is 2.26. The molecule has 1 aliphatic carbocycles. The molecule has 5 nitrogen and oxygen atoms in total. The van der Waals surface area contributed by atoms with Gasteiger partial charge in [-0.1, -0.05) is 6.42 Å². The van der Waals surface area contributed by atoms with Crippen LogP contribution in [0.2, 0.25) is 0 Å². The summed E-state index contributed by atoms with van der Waals surface area (Å²) in [6.07, 6.45) is 2.72. The number of phenols is 1. The average Bonchev–Trinajstić information content (AvgIpc) is 2.42. The van der Waals surface area contributed by atoms with Crippen LogP contribution in [0.3, 0.4) is 0 Å². The first-order valence-electron chi connectivity index (χ1n) is 6.49. The molecule has 1 aromatic rings. The molecule has 2 unspecified atom stereocenters. The number of carbonyl (C=O) groups excluding carboxylic acids is 1. The van der Waals surface area contributed by atoms with Crippen molar-refractivity contribution in [1.29, 1.82) is 0 Å². The molecule has 0 aliphatic heterocycles. The lowest BCUT2D eigenvalue weighted by Gasteiger charge is -2.27. The third-order valence-corrected chi connectivity index (χ3v) is 4.24. The van der Waals surface area contributed by atoms with E-state index in [1.165, 1.54) is 6.07 Å². The van der Waals surface area contributed by atoms with Crippen molar-refractivity contribution in [3.05, 3.63) is 28.2 Å². The van der Waals surface area contributed by atoms with E-state index in [0.717, 1.165) is 12.8 Å². The Morgan fingerprint density at radius 2 is 2.05 bits per heavy atom. The monoisotopic (exact) mass is 341 g/mol. The first kappa shape index (κ1) is 14.8. The van der Waals surface area contributed by atoms with E-state index in [1.807, 2.05) is 0 Å². The lowest BCUT2D eigenvalue weighted by Crippen LogP contribution is -2.39. The van der Waals surface area contributed by atoms with Gasteiger partial charge in [0.2, 0.25) is 0 Å². The molecule has 1 amide bonds. The van der Waals surface area contributed by atoms with Gasteiger partial charge in [0.25, 0.3) is 5.91 Å². The van der Waals surface area contributed by atoms with E-state index in [2.05, 4.69) is 21.2 Å². The van der Waals surface area contributed by atoms with Gasteiger partial charge in [-0.2, -0.15) is 0 Å². The van der Waals surface area contributed by atoms with Crippen molar-refractivity contribution in [3.63, 3.8) is 0 Å². The zero-order chi connectivity index (χ0) is 14.7. The van der Waals surface area contributed by atoms with Gasteiger partial charge in [0, 0.05) is 11.6 Å². The van der Waals surface area contributed by atoms with Gasteiger partial charge >= 0.3 is 5.97 Å². The van der Waals surface area contributed by atoms with Crippen LogP contribution in [0, 0.1) is 5.92 Å². The Bertz CT molecular complexity index is 532. The zero-order valence-corrected chi connectivity index (χ0v) is 12.4. The normalized spacial score (nSPS) is 22.2. The summed E-state index contributed by atoms with van der Waals surface area (Å²) < 4.78 is 0.526. The van der Waals surface area contributed by atoms with E-state index in [9.17, 15) is 14.7 Å². The number of carbonyl (C=O) groups is 2. The molecule has 20 heavy (non-hydrogen) atoms. The van der Waals surface area contributed by atoms with E-state index in [1.54, 1.807) is 12.1 Å². The maximum atomic E-state index is 12.1. The van der Waals surface area contributed by atoms with Crippen LogP contribution in [-0.4, -0.2) is 28.1 Å². The number of halogens is 1. The van der Waals surface area contributed by atoms with Crippen molar-refractivity contribution in [2.45, 2.75) is 31.7 Å². The fourth-order valence-electron chi connectivity index (χ4n) is 2.47. The van der Waals surface area contributed by atoms with Gasteiger partial charge in [-0.25, -0.2) is 0 Å². The molecule has 0 radical (unpaired) electrons. The fourth-order valence-corrected chi connectivity index (χ4v) is 2.71. The second-order valence-corrected chi connectivity index (χ2v) is 5.89. The fraction of sp³-hybridized carbons (Fsp3) is 0.429. The number of aromatic hydroxyl groups is 1. The third kappa shape index (κ3) is 3.50. The van der Waals surface area contributed by atoms with Gasteiger partial charge < -0.3 is 15.5 Å². The Morgan fingerprint density at radius 1 is 1.30 bits per heavy atom. The number of benzene rings is 1. The number of hydrogen-bond donors (Lipinski definition) is 3. The van der Waals surface area contributed by atoms with Gasteiger partial charge in [-0.3, -0.25) is 9.59 Å². The standard InChI is InChI=1S/C14H16BrNO4/c15-11-5-4-8(7-12(11)17)13(18)16-10-3-1-2-9(6-10)14(19)20/h4-5,7,9-10,17H,1-3,6H2,(H,16,18)(H,19,20). The molecular weight excluding hydrogens is 326 g/mol. The molecule has 6 heteroatoms. The van der Waals surface area contributed by atoms with E-state index in [-0.39, 0.29) is 23.6 Å². The van der Waals surface area contributed by atoms with Gasteiger partial charge in [0.15, 0.2) is 0 Å². The summed E-state index contributed by atoms with van der Waals surface area (Å²) in [7, 11) is 0. The highest BCUT2D eigenvalue weighted by molar-refractivity contribution is 9.10. The minimum absolute atomic E-state index is 0.00436. The molecule has 1 aromatic carbocycles. The molecule has 108 valence electrons. The van der Waals surface area contributed by atoms with Crippen LogP contribution in [-0.2, 0) is 4.79 Å². The molecule has 0 bridgehead atoms.